The molecule has 0 amide bonds. The third-order valence-electron chi connectivity index (χ3n) is 6.08. The number of halogens is 1. The summed E-state index contributed by atoms with van der Waals surface area (Å²) in [6.07, 6.45) is 8.37. The summed E-state index contributed by atoms with van der Waals surface area (Å²) < 4.78 is 2.93. The van der Waals surface area contributed by atoms with Gasteiger partial charge in [-0.15, -0.1) is 0 Å². The molecular formula is C16H23BrN2O. The first-order chi connectivity index (χ1) is 9.67. The van der Waals surface area contributed by atoms with Crippen molar-refractivity contribution in [3.05, 3.63) is 16.4 Å². The van der Waals surface area contributed by atoms with Crippen LogP contribution in [0.1, 0.15) is 50.8 Å². The second-order valence-electron chi connectivity index (χ2n) is 7.15. The summed E-state index contributed by atoms with van der Waals surface area (Å²) in [5.74, 6) is 3.86. The summed E-state index contributed by atoms with van der Waals surface area (Å²) in [7, 11) is 0. The van der Waals surface area contributed by atoms with Crippen molar-refractivity contribution < 1.29 is 5.11 Å². The lowest BCUT2D eigenvalue weighted by atomic mass is 9.50. The average molecular weight is 339 g/mol. The van der Waals surface area contributed by atoms with E-state index in [9.17, 15) is 5.11 Å². The molecule has 1 heterocycles. The lowest BCUT2D eigenvalue weighted by Gasteiger charge is -2.55. The summed E-state index contributed by atoms with van der Waals surface area (Å²) in [5, 5.41) is 15.4. The highest BCUT2D eigenvalue weighted by Crippen LogP contribution is 2.59. The van der Waals surface area contributed by atoms with E-state index in [1.807, 2.05) is 10.9 Å². The van der Waals surface area contributed by atoms with Crippen LogP contribution in [0.25, 0.3) is 0 Å². The van der Waals surface area contributed by atoms with Crippen molar-refractivity contribution in [2.75, 3.05) is 0 Å². The highest BCUT2D eigenvalue weighted by atomic mass is 79.9. The average Bonchev–Trinajstić information content (AvgIpc) is 2.78. The summed E-state index contributed by atoms with van der Waals surface area (Å²) >= 11 is 3.58. The Kier molecular flexibility index (Phi) is 3.22. The smallest absolute Gasteiger partial charge is 0.100 e. The van der Waals surface area contributed by atoms with Crippen LogP contribution in [0, 0.1) is 29.6 Å². The van der Waals surface area contributed by atoms with Gasteiger partial charge in [-0.3, -0.25) is 4.68 Å². The Morgan fingerprint density at radius 2 is 1.85 bits per heavy atom. The summed E-state index contributed by atoms with van der Waals surface area (Å²) in [6.45, 7) is 2.91. The van der Waals surface area contributed by atoms with Gasteiger partial charge < -0.3 is 5.11 Å². The van der Waals surface area contributed by atoms with Gasteiger partial charge in [0, 0.05) is 6.54 Å². The fraction of sp³-hybridized carbons (Fsp3) is 0.812. The predicted molar refractivity (Wildman–Crippen MR) is 81.1 cm³/mol. The van der Waals surface area contributed by atoms with Crippen LogP contribution in [0.5, 0.6) is 0 Å². The molecule has 1 N–H and O–H groups in total. The standard InChI is InChI=1S/C16H23BrN2O/c1-2-19-15(13(17)8-18-19)16(20)14-11-4-9-3-10(6-11)7-12(14)5-9/h8-12,14,16,20H,2-7H2,1H3. The zero-order chi connectivity index (χ0) is 13.9. The maximum absolute atomic E-state index is 11.0. The highest BCUT2D eigenvalue weighted by Gasteiger charge is 2.51. The van der Waals surface area contributed by atoms with Gasteiger partial charge in [0.15, 0.2) is 0 Å². The molecule has 1 aromatic rings. The maximum Gasteiger partial charge on any atom is 0.100 e. The first kappa shape index (κ1) is 13.3. The van der Waals surface area contributed by atoms with E-state index < -0.39 is 0 Å². The zero-order valence-corrected chi connectivity index (χ0v) is 13.6. The molecule has 4 fully saturated rings. The Balaban J connectivity index is 1.65. The molecule has 0 aliphatic heterocycles. The van der Waals surface area contributed by atoms with Gasteiger partial charge in [-0.1, -0.05) is 0 Å². The van der Waals surface area contributed by atoms with Crippen molar-refractivity contribution in [2.24, 2.45) is 29.6 Å². The van der Waals surface area contributed by atoms with Crippen LogP contribution >= 0.6 is 15.9 Å². The number of hydrogen-bond donors (Lipinski definition) is 1. The number of aromatic nitrogens is 2. The van der Waals surface area contributed by atoms with Crippen LogP contribution in [-0.2, 0) is 6.54 Å². The molecule has 5 rings (SSSR count). The van der Waals surface area contributed by atoms with E-state index in [1.54, 1.807) is 0 Å². The summed E-state index contributed by atoms with van der Waals surface area (Å²) in [6, 6.07) is 0. The second-order valence-corrected chi connectivity index (χ2v) is 8.00. The van der Waals surface area contributed by atoms with Crippen LogP contribution in [-0.4, -0.2) is 14.9 Å². The van der Waals surface area contributed by atoms with E-state index in [4.69, 9.17) is 0 Å². The summed E-state index contributed by atoms with van der Waals surface area (Å²) in [4.78, 5) is 0. The molecule has 4 heteroatoms. The number of nitrogens with zero attached hydrogens (tertiary/aromatic N) is 2. The zero-order valence-electron chi connectivity index (χ0n) is 12.0. The molecule has 0 radical (unpaired) electrons. The lowest BCUT2D eigenvalue weighted by molar-refractivity contribution is -0.0931. The molecule has 4 aliphatic carbocycles. The fourth-order valence-corrected chi connectivity index (χ4v) is 6.11. The molecule has 110 valence electrons. The molecule has 20 heavy (non-hydrogen) atoms. The van der Waals surface area contributed by atoms with Crippen LogP contribution in [0.3, 0.4) is 0 Å². The van der Waals surface area contributed by atoms with Gasteiger partial charge in [0.05, 0.1) is 16.4 Å². The van der Waals surface area contributed by atoms with Gasteiger partial charge in [-0.25, -0.2) is 0 Å². The van der Waals surface area contributed by atoms with Crippen molar-refractivity contribution in [1.82, 2.24) is 9.78 Å². The number of rotatable bonds is 3. The van der Waals surface area contributed by atoms with Gasteiger partial charge >= 0.3 is 0 Å². The third kappa shape index (κ3) is 1.91. The third-order valence-corrected chi connectivity index (χ3v) is 6.69. The predicted octanol–water partition coefficient (Wildman–Crippen LogP) is 3.77. The van der Waals surface area contributed by atoms with E-state index in [-0.39, 0.29) is 6.10 Å². The van der Waals surface area contributed by atoms with Gasteiger partial charge in [-0.05, 0) is 84.5 Å². The number of aliphatic hydroxyl groups excluding tert-OH is 1. The molecule has 0 spiro atoms. The number of hydrogen-bond acceptors (Lipinski definition) is 2. The SMILES string of the molecule is CCn1ncc(Br)c1C(O)C1C2CC3CC(C2)CC1C3. The van der Waals surface area contributed by atoms with Crippen LogP contribution in [0.15, 0.2) is 10.7 Å². The second kappa shape index (κ2) is 4.84. The Hall–Kier alpha value is -0.350. The molecule has 1 atom stereocenters. The Labute approximate surface area is 128 Å². The summed E-state index contributed by atoms with van der Waals surface area (Å²) in [5.41, 5.74) is 1.00. The quantitative estimate of drug-likeness (QED) is 0.910. The number of aliphatic hydroxyl groups is 1. The van der Waals surface area contributed by atoms with Gasteiger partial charge in [0.1, 0.15) is 6.10 Å². The highest BCUT2D eigenvalue weighted by molar-refractivity contribution is 9.10. The van der Waals surface area contributed by atoms with Crippen molar-refractivity contribution >= 4 is 15.9 Å². The van der Waals surface area contributed by atoms with Crippen LogP contribution in [0.2, 0.25) is 0 Å². The molecular weight excluding hydrogens is 316 g/mol. The molecule has 1 unspecified atom stereocenters. The van der Waals surface area contributed by atoms with Crippen LogP contribution < -0.4 is 0 Å². The Morgan fingerprint density at radius 3 is 2.40 bits per heavy atom. The van der Waals surface area contributed by atoms with Gasteiger partial charge in [0.2, 0.25) is 0 Å². The van der Waals surface area contributed by atoms with Crippen molar-refractivity contribution in [3.8, 4) is 0 Å². The minimum atomic E-state index is -0.346. The molecule has 4 bridgehead atoms. The van der Waals surface area contributed by atoms with E-state index in [0.29, 0.717) is 5.92 Å². The molecule has 0 aromatic carbocycles. The first-order valence-corrected chi connectivity index (χ1v) is 8.86. The minimum Gasteiger partial charge on any atom is -0.386 e. The molecule has 4 aliphatic rings. The molecule has 1 aromatic heterocycles. The number of aryl methyl sites for hydroxylation is 1. The van der Waals surface area contributed by atoms with Gasteiger partial charge in [0.25, 0.3) is 0 Å². The van der Waals surface area contributed by atoms with Crippen LogP contribution in [0.4, 0.5) is 0 Å². The first-order valence-electron chi connectivity index (χ1n) is 8.06. The van der Waals surface area contributed by atoms with E-state index in [1.165, 1.54) is 32.1 Å². The van der Waals surface area contributed by atoms with Crippen molar-refractivity contribution in [3.63, 3.8) is 0 Å². The largest absolute Gasteiger partial charge is 0.386 e. The molecule has 4 saturated carbocycles. The monoisotopic (exact) mass is 338 g/mol. The fourth-order valence-electron chi connectivity index (χ4n) is 5.58. The van der Waals surface area contributed by atoms with E-state index in [0.717, 1.165) is 40.4 Å². The van der Waals surface area contributed by atoms with Crippen molar-refractivity contribution in [2.45, 2.75) is 51.7 Å². The Morgan fingerprint density at radius 1 is 1.25 bits per heavy atom. The normalized spacial score (nSPS) is 40.2. The van der Waals surface area contributed by atoms with E-state index >= 15 is 0 Å². The minimum absolute atomic E-state index is 0.346. The molecule has 0 saturated heterocycles. The lowest BCUT2D eigenvalue weighted by Crippen LogP contribution is -2.47. The van der Waals surface area contributed by atoms with E-state index in [2.05, 4.69) is 28.0 Å². The maximum atomic E-state index is 11.0. The molecule has 3 nitrogen and oxygen atoms in total. The topological polar surface area (TPSA) is 38.0 Å². The Bertz CT molecular complexity index is 485. The van der Waals surface area contributed by atoms with Gasteiger partial charge in [-0.2, -0.15) is 5.10 Å². The van der Waals surface area contributed by atoms with Crippen molar-refractivity contribution in [1.29, 1.82) is 0 Å².